The van der Waals surface area contributed by atoms with Crippen LogP contribution in [0.1, 0.15) is 11.4 Å². The van der Waals surface area contributed by atoms with E-state index >= 15 is 0 Å². The quantitative estimate of drug-likeness (QED) is 0.295. The predicted molar refractivity (Wildman–Crippen MR) is 71.5 cm³/mol. The van der Waals surface area contributed by atoms with Gasteiger partial charge in [0.2, 0.25) is 5.43 Å². The Bertz CT molecular complexity index is 608. The maximum atomic E-state index is 12.7. The van der Waals surface area contributed by atoms with Gasteiger partial charge in [0.05, 0.1) is 5.69 Å². The van der Waals surface area contributed by atoms with Crippen molar-refractivity contribution >= 4 is 5.78 Å². The van der Waals surface area contributed by atoms with Crippen LogP contribution in [-0.2, 0) is 24.9 Å². The largest absolute Gasteiger partial charge is 1.00 e. The third kappa shape index (κ3) is 5.88. The van der Waals surface area contributed by atoms with Crippen LogP contribution in [0.4, 0.5) is 4.39 Å². The normalized spacial score (nSPS) is 9.81. The van der Waals surface area contributed by atoms with E-state index in [1.54, 1.807) is 0 Å². The Hall–Kier alpha value is -0.734. The van der Waals surface area contributed by atoms with Crippen molar-refractivity contribution in [2.45, 2.75) is 13.1 Å². The van der Waals surface area contributed by atoms with Gasteiger partial charge in [-0.05, 0) is 5.76 Å². The molecular weight excluding hydrogens is 304 g/mol. The van der Waals surface area contributed by atoms with Crippen LogP contribution in [-0.4, -0.2) is 20.6 Å². The molecule has 0 bridgehead atoms. The van der Waals surface area contributed by atoms with Crippen LogP contribution < -0.4 is 56.8 Å². The summed E-state index contributed by atoms with van der Waals surface area (Å²) in [4.78, 5) is 22.3. The number of aromatic nitrogens is 1. The zero-order chi connectivity index (χ0) is 14.6. The van der Waals surface area contributed by atoms with Gasteiger partial charge in [0.1, 0.15) is 6.67 Å². The molecule has 1 heterocycles. The van der Waals surface area contributed by atoms with E-state index in [2.05, 4.69) is 6.08 Å². The van der Waals surface area contributed by atoms with Crippen LogP contribution in [0.15, 0.2) is 22.7 Å². The Kier molecular flexibility index (Phi) is 10.8. The Labute approximate surface area is 165 Å². The first-order valence-corrected chi connectivity index (χ1v) is 5.27. The summed E-state index contributed by atoms with van der Waals surface area (Å²) in [7, 11) is 1.47. The summed E-state index contributed by atoms with van der Waals surface area (Å²) in [5.41, 5.74) is -0.498. The van der Waals surface area contributed by atoms with Crippen LogP contribution in [0.5, 0.6) is 5.75 Å². The molecule has 0 aromatic carbocycles. The van der Waals surface area contributed by atoms with Crippen LogP contribution in [0, 0.1) is 20.1 Å². The van der Waals surface area contributed by atoms with E-state index < -0.39 is 29.4 Å². The van der Waals surface area contributed by atoms with Gasteiger partial charge < -0.3 is 27.0 Å². The summed E-state index contributed by atoms with van der Waals surface area (Å²) in [6.45, 7) is 3.98. The zero-order valence-corrected chi connectivity index (χ0v) is 15.3. The molecule has 0 unspecified atom stereocenters. The minimum Gasteiger partial charge on any atom is -0.543 e. The van der Waals surface area contributed by atoms with E-state index in [1.165, 1.54) is 11.6 Å². The average molecular weight is 319 g/mol. The number of carbonyl (C=O) groups is 1. The van der Waals surface area contributed by atoms with Crippen molar-refractivity contribution in [3.63, 3.8) is 0 Å². The number of alkyl halides is 1. The Morgan fingerprint density at radius 2 is 2.14 bits per heavy atom. The number of pyridine rings is 1. The van der Waals surface area contributed by atoms with Crippen molar-refractivity contribution < 1.29 is 70.8 Å². The van der Waals surface area contributed by atoms with Crippen LogP contribution in [0.2, 0.25) is 0 Å². The molecule has 2 N–H and O–H groups in total. The van der Waals surface area contributed by atoms with Crippen molar-refractivity contribution in [1.82, 2.24) is 4.57 Å². The van der Waals surface area contributed by atoms with Crippen LogP contribution in [0.3, 0.4) is 0 Å². The fraction of sp³-hybridized carbons (Fsp3) is 0.214. The number of hydrogen-bond donors (Lipinski definition) is 2. The first-order valence-electron chi connectivity index (χ1n) is 5.27. The number of nitrogens with zero attached hydrogens (tertiary/aromatic N) is 1. The van der Waals surface area contributed by atoms with Gasteiger partial charge in [-0.2, -0.15) is 6.08 Å². The third-order valence-electron chi connectivity index (χ3n) is 2.53. The fourth-order valence-corrected chi connectivity index (χ4v) is 1.44. The minimum atomic E-state index is -0.886. The second-order valence-electron chi connectivity index (χ2n) is 3.76. The molecule has 7 heteroatoms. The van der Waals surface area contributed by atoms with Gasteiger partial charge in [-0.1, -0.05) is 6.42 Å². The monoisotopic (exact) mass is 319 g/mol. The Balaban J connectivity index is 0. The summed E-state index contributed by atoms with van der Waals surface area (Å²) in [6.07, 6.45) is 3.24. The molecule has 0 aliphatic rings. The molecule has 5 nitrogen and oxygen atoms in total. The first-order chi connectivity index (χ1) is 8.88. The summed E-state index contributed by atoms with van der Waals surface area (Å²) in [5, 5.41) is 18.3. The van der Waals surface area contributed by atoms with E-state index in [1.807, 2.05) is 0 Å². The third-order valence-corrected chi connectivity index (χ3v) is 2.53. The van der Waals surface area contributed by atoms with Gasteiger partial charge in [-0.3, -0.25) is 10.9 Å². The van der Waals surface area contributed by atoms with Crippen molar-refractivity contribution in [2.75, 3.05) is 0 Å². The van der Waals surface area contributed by atoms with Crippen molar-refractivity contribution in [2.24, 2.45) is 7.05 Å². The van der Waals surface area contributed by atoms with E-state index in [0.29, 0.717) is 0 Å². The Morgan fingerprint density at radius 3 is 2.62 bits per heavy atom. The molecule has 1 rings (SSSR count). The molecule has 21 heavy (non-hydrogen) atoms. The number of allylic oxidation sites excluding steroid dienone is 2. The number of aliphatic hydroxyl groups excluding tert-OH is 1. The minimum absolute atomic E-state index is 0. The number of hydrogen-bond acceptors (Lipinski definition) is 4. The van der Waals surface area contributed by atoms with Gasteiger partial charge in [0, 0.05) is 24.6 Å². The zero-order valence-electron chi connectivity index (χ0n) is 12.2. The molecule has 0 saturated carbocycles. The van der Waals surface area contributed by atoms with Gasteiger partial charge in [0.15, 0.2) is 5.75 Å². The molecule has 0 saturated heterocycles. The Morgan fingerprint density at radius 1 is 1.57 bits per heavy atom. The molecule has 110 valence electrons. The van der Waals surface area contributed by atoms with Gasteiger partial charge in [0.25, 0.3) is 0 Å². The molecule has 1 aromatic rings. The standard InChI is InChI=1S/C13H12FNO4.CH3.K/c1-8(16)11(17)5-3-4-10-13(19)12(18)6-9(7-14)15(10)2;;/h1,5-6,16,19H,4,7H2,2H3;1H3;/q-2;-1;+1. The van der Waals surface area contributed by atoms with Crippen molar-refractivity contribution in [3.05, 3.63) is 59.6 Å². The van der Waals surface area contributed by atoms with E-state index in [9.17, 15) is 19.1 Å². The maximum absolute atomic E-state index is 12.7. The second-order valence-corrected chi connectivity index (χ2v) is 3.76. The van der Waals surface area contributed by atoms with Crippen molar-refractivity contribution in [3.8, 4) is 5.75 Å². The number of aliphatic hydroxyl groups is 1. The molecule has 0 fully saturated rings. The number of aromatic hydroxyl groups is 1. The number of halogens is 1. The average Bonchev–Trinajstić information content (AvgIpc) is 2.37. The molecule has 0 radical (unpaired) electrons. The molecular formula is C14H15FKNO4-2. The summed E-state index contributed by atoms with van der Waals surface area (Å²) in [5.74, 6) is -2.26. The molecule has 0 aliphatic carbocycles. The SMILES string of the molecule is [CH-]=C(O)C(=O)C=[C-]Cc1c(O)c(=O)cc(CF)n1C.[CH3-].[K+]. The number of ketones is 1. The fourth-order valence-electron chi connectivity index (χ4n) is 1.44. The second kappa shape index (κ2) is 10.1. The number of rotatable bonds is 5. The number of carbonyl (C=O) groups excluding carboxylic acids is 1. The maximum Gasteiger partial charge on any atom is 1.00 e. The van der Waals surface area contributed by atoms with Gasteiger partial charge >= 0.3 is 51.4 Å². The van der Waals surface area contributed by atoms with Crippen LogP contribution >= 0.6 is 0 Å². The smallest absolute Gasteiger partial charge is 0.543 e. The molecule has 0 amide bonds. The molecule has 1 aromatic heterocycles. The summed E-state index contributed by atoms with van der Waals surface area (Å²) in [6, 6.07) is 0.993. The molecule has 0 spiro atoms. The topological polar surface area (TPSA) is 79.5 Å². The van der Waals surface area contributed by atoms with E-state index in [0.717, 1.165) is 12.1 Å². The first kappa shape index (κ1) is 22.5. The molecule has 0 atom stereocenters. The van der Waals surface area contributed by atoms with Crippen molar-refractivity contribution in [1.29, 1.82) is 0 Å². The molecule has 0 aliphatic heterocycles. The summed E-state index contributed by atoms with van der Waals surface area (Å²) >= 11 is 0. The van der Waals surface area contributed by atoms with Crippen LogP contribution in [0.25, 0.3) is 0 Å². The van der Waals surface area contributed by atoms with E-state index in [-0.39, 0.29) is 76.6 Å². The van der Waals surface area contributed by atoms with Gasteiger partial charge in [-0.25, -0.2) is 11.0 Å². The predicted octanol–water partition coefficient (Wildman–Crippen LogP) is -1.64. The van der Waals surface area contributed by atoms with E-state index in [4.69, 9.17) is 11.7 Å². The summed E-state index contributed by atoms with van der Waals surface area (Å²) < 4.78 is 14.0. The van der Waals surface area contributed by atoms with Gasteiger partial charge in [-0.15, -0.1) is 0 Å².